The molecule has 1 fully saturated rings. The molecule has 0 spiro atoms. The maximum Gasteiger partial charge on any atom is 0.307 e. The molecule has 4 heteroatoms. The minimum atomic E-state index is -0.864. The molecule has 2 aliphatic rings. The third kappa shape index (κ3) is 3.16. The van der Waals surface area contributed by atoms with Crippen LogP contribution in [0.1, 0.15) is 31.7 Å². The number of hydrogen-bond donors (Lipinski definition) is 2. The van der Waals surface area contributed by atoms with Crippen LogP contribution in [0, 0.1) is 23.7 Å². The lowest BCUT2D eigenvalue weighted by molar-refractivity contribution is -0.146. The van der Waals surface area contributed by atoms with Gasteiger partial charge in [0.2, 0.25) is 5.91 Å². The highest BCUT2D eigenvalue weighted by molar-refractivity contribution is 5.96. The molecule has 4 atom stereocenters. The normalized spacial score (nSPS) is 28.0. The summed E-state index contributed by atoms with van der Waals surface area (Å²) < 4.78 is 0. The number of amides is 1. The van der Waals surface area contributed by atoms with Crippen molar-refractivity contribution in [2.75, 3.05) is 5.32 Å². The van der Waals surface area contributed by atoms with Crippen molar-refractivity contribution in [3.63, 3.8) is 0 Å². The smallest absolute Gasteiger partial charge is 0.307 e. The number of aryl methyl sites for hydroxylation is 1. The van der Waals surface area contributed by atoms with E-state index in [0.29, 0.717) is 0 Å². The van der Waals surface area contributed by atoms with Crippen molar-refractivity contribution < 1.29 is 14.7 Å². The number of unbranched alkanes of at least 4 members (excludes halogenated alkanes) is 1. The maximum atomic E-state index is 12.6. The van der Waals surface area contributed by atoms with Gasteiger partial charge in [-0.05, 0) is 48.8 Å². The van der Waals surface area contributed by atoms with Gasteiger partial charge in [0.25, 0.3) is 0 Å². The van der Waals surface area contributed by atoms with Crippen molar-refractivity contribution >= 4 is 17.6 Å². The van der Waals surface area contributed by atoms with Gasteiger partial charge in [0.15, 0.2) is 0 Å². The molecule has 1 saturated carbocycles. The van der Waals surface area contributed by atoms with Gasteiger partial charge in [0, 0.05) is 5.69 Å². The highest BCUT2D eigenvalue weighted by Crippen LogP contribution is 2.48. The average molecular weight is 313 g/mol. The Bertz CT molecular complexity index is 620. The van der Waals surface area contributed by atoms with Crippen LogP contribution < -0.4 is 5.32 Å². The number of anilines is 1. The Labute approximate surface area is 136 Å². The number of carbonyl (C=O) groups is 2. The fraction of sp³-hybridized carbons (Fsp3) is 0.474. The minimum Gasteiger partial charge on any atom is -0.481 e. The first-order chi connectivity index (χ1) is 11.1. The molecule has 1 amide bonds. The fourth-order valence-corrected chi connectivity index (χ4v) is 3.88. The lowest BCUT2D eigenvalue weighted by Gasteiger charge is -2.23. The third-order valence-corrected chi connectivity index (χ3v) is 5.09. The molecule has 0 aliphatic heterocycles. The van der Waals surface area contributed by atoms with E-state index < -0.39 is 17.8 Å². The number of carbonyl (C=O) groups excluding carboxylic acids is 1. The molecule has 1 aromatic rings. The summed E-state index contributed by atoms with van der Waals surface area (Å²) in [4.78, 5) is 24.1. The number of fused-ring (bicyclic) bond motifs is 2. The van der Waals surface area contributed by atoms with Crippen LogP contribution in [0.5, 0.6) is 0 Å². The molecule has 0 radical (unpaired) electrons. The third-order valence-electron chi connectivity index (χ3n) is 5.09. The average Bonchev–Trinajstić information content (AvgIpc) is 3.15. The summed E-state index contributed by atoms with van der Waals surface area (Å²) in [5.41, 5.74) is 2.00. The van der Waals surface area contributed by atoms with Crippen LogP contribution in [0.4, 0.5) is 5.69 Å². The maximum absolute atomic E-state index is 12.6. The minimum absolute atomic E-state index is 0.00432. The zero-order chi connectivity index (χ0) is 16.4. The Balaban J connectivity index is 1.67. The molecule has 2 aliphatic carbocycles. The molecule has 0 unspecified atom stereocenters. The van der Waals surface area contributed by atoms with Crippen LogP contribution in [-0.4, -0.2) is 17.0 Å². The van der Waals surface area contributed by atoms with Gasteiger partial charge in [-0.3, -0.25) is 9.59 Å². The SMILES string of the molecule is CCCCc1ccc(NC(=O)[C@@H]2[C@@H](C(=O)O)[C@H]3C=C[C@@H]2C3)cc1. The Kier molecular flexibility index (Phi) is 4.51. The van der Waals surface area contributed by atoms with Crippen molar-refractivity contribution in [3.8, 4) is 0 Å². The van der Waals surface area contributed by atoms with E-state index in [1.165, 1.54) is 5.56 Å². The van der Waals surface area contributed by atoms with E-state index in [4.69, 9.17) is 0 Å². The van der Waals surface area contributed by atoms with Crippen LogP contribution >= 0.6 is 0 Å². The molecule has 1 aromatic carbocycles. The first-order valence-corrected chi connectivity index (χ1v) is 8.41. The summed E-state index contributed by atoms with van der Waals surface area (Å²) in [5, 5.41) is 12.3. The Morgan fingerprint density at radius 3 is 2.39 bits per heavy atom. The van der Waals surface area contributed by atoms with Gasteiger partial charge in [-0.15, -0.1) is 0 Å². The summed E-state index contributed by atoms with van der Waals surface area (Å²) in [6.07, 6.45) is 8.10. The number of benzene rings is 1. The van der Waals surface area contributed by atoms with Crippen LogP contribution in [0.25, 0.3) is 0 Å². The van der Waals surface area contributed by atoms with Crippen LogP contribution in [0.3, 0.4) is 0 Å². The van der Waals surface area contributed by atoms with E-state index in [-0.39, 0.29) is 17.7 Å². The van der Waals surface area contributed by atoms with Gasteiger partial charge in [-0.2, -0.15) is 0 Å². The lowest BCUT2D eigenvalue weighted by Crippen LogP contribution is -2.36. The predicted octanol–water partition coefficient (Wildman–Crippen LogP) is 3.49. The molecular weight excluding hydrogens is 290 g/mol. The molecule has 3 rings (SSSR count). The predicted molar refractivity (Wildman–Crippen MR) is 89.0 cm³/mol. The quantitative estimate of drug-likeness (QED) is 0.790. The van der Waals surface area contributed by atoms with E-state index in [1.807, 2.05) is 36.4 Å². The van der Waals surface area contributed by atoms with Gasteiger partial charge in [0.1, 0.15) is 0 Å². The highest BCUT2D eigenvalue weighted by Gasteiger charge is 2.51. The first-order valence-electron chi connectivity index (χ1n) is 8.41. The lowest BCUT2D eigenvalue weighted by atomic mass is 9.82. The second-order valence-corrected chi connectivity index (χ2v) is 6.63. The zero-order valence-corrected chi connectivity index (χ0v) is 13.4. The summed E-state index contributed by atoms with van der Waals surface area (Å²) >= 11 is 0. The first kappa shape index (κ1) is 15.8. The van der Waals surface area contributed by atoms with Crippen LogP contribution in [0.2, 0.25) is 0 Å². The molecular formula is C19H23NO3. The number of carboxylic acids is 1. The number of hydrogen-bond acceptors (Lipinski definition) is 2. The number of rotatable bonds is 6. The number of carboxylic acid groups (broad SMARTS) is 1. The second kappa shape index (κ2) is 6.57. The van der Waals surface area contributed by atoms with Gasteiger partial charge in [-0.1, -0.05) is 37.6 Å². The molecule has 0 saturated heterocycles. The number of nitrogens with one attached hydrogen (secondary N) is 1. The summed E-state index contributed by atoms with van der Waals surface area (Å²) in [7, 11) is 0. The van der Waals surface area contributed by atoms with E-state index in [0.717, 1.165) is 31.4 Å². The number of aliphatic carboxylic acids is 1. The molecule has 4 nitrogen and oxygen atoms in total. The summed E-state index contributed by atoms with van der Waals surface area (Å²) in [6, 6.07) is 7.87. The van der Waals surface area contributed by atoms with Crippen molar-refractivity contribution in [2.24, 2.45) is 23.7 Å². The topological polar surface area (TPSA) is 66.4 Å². The Morgan fingerprint density at radius 2 is 1.78 bits per heavy atom. The van der Waals surface area contributed by atoms with Crippen molar-refractivity contribution in [1.82, 2.24) is 0 Å². The molecule has 2 N–H and O–H groups in total. The van der Waals surface area contributed by atoms with Gasteiger partial charge in [0.05, 0.1) is 11.8 Å². The Hall–Kier alpha value is -2.10. The van der Waals surface area contributed by atoms with Crippen LogP contribution in [-0.2, 0) is 16.0 Å². The fourth-order valence-electron chi connectivity index (χ4n) is 3.88. The summed E-state index contributed by atoms with van der Waals surface area (Å²) in [5.74, 6) is -2.02. The van der Waals surface area contributed by atoms with E-state index in [9.17, 15) is 14.7 Å². The highest BCUT2D eigenvalue weighted by atomic mass is 16.4. The van der Waals surface area contributed by atoms with Gasteiger partial charge >= 0.3 is 5.97 Å². The Morgan fingerprint density at radius 1 is 1.13 bits per heavy atom. The van der Waals surface area contributed by atoms with E-state index >= 15 is 0 Å². The van der Waals surface area contributed by atoms with Crippen LogP contribution in [0.15, 0.2) is 36.4 Å². The molecule has 0 heterocycles. The van der Waals surface area contributed by atoms with E-state index in [2.05, 4.69) is 12.2 Å². The molecule has 122 valence electrons. The largest absolute Gasteiger partial charge is 0.481 e. The van der Waals surface area contributed by atoms with E-state index in [1.54, 1.807) is 0 Å². The molecule has 2 bridgehead atoms. The zero-order valence-electron chi connectivity index (χ0n) is 13.4. The van der Waals surface area contributed by atoms with Crippen molar-refractivity contribution in [3.05, 3.63) is 42.0 Å². The monoisotopic (exact) mass is 313 g/mol. The molecule has 23 heavy (non-hydrogen) atoms. The standard InChI is InChI=1S/C19H23NO3/c1-2-3-4-12-5-9-15(10-6-12)20-18(21)16-13-7-8-14(11-13)17(16)19(22)23/h5-10,13-14,16-17H,2-4,11H2,1H3,(H,20,21)(H,22,23)/t13-,14+,16+,17+/m1/s1. The van der Waals surface area contributed by atoms with Gasteiger partial charge < -0.3 is 10.4 Å². The second-order valence-electron chi connectivity index (χ2n) is 6.63. The van der Waals surface area contributed by atoms with Crippen molar-refractivity contribution in [1.29, 1.82) is 0 Å². The van der Waals surface area contributed by atoms with Gasteiger partial charge in [-0.25, -0.2) is 0 Å². The van der Waals surface area contributed by atoms with Crippen molar-refractivity contribution in [2.45, 2.75) is 32.6 Å². The number of allylic oxidation sites excluding steroid dienone is 2. The molecule has 0 aromatic heterocycles. The summed E-state index contributed by atoms with van der Waals surface area (Å²) in [6.45, 7) is 2.16.